The van der Waals surface area contributed by atoms with Crippen molar-refractivity contribution in [2.45, 2.75) is 58.5 Å². The predicted molar refractivity (Wildman–Crippen MR) is 87.7 cm³/mol. The van der Waals surface area contributed by atoms with E-state index in [1.807, 2.05) is 13.8 Å². The maximum absolute atomic E-state index is 12.2. The molecular weight excluding hydrogens is 276 g/mol. The minimum absolute atomic E-state index is 0.122. The van der Waals surface area contributed by atoms with Crippen LogP contribution in [-0.2, 0) is 9.53 Å². The van der Waals surface area contributed by atoms with Crippen molar-refractivity contribution >= 4 is 5.91 Å². The molecule has 0 bridgehead atoms. The Bertz CT molecular complexity index is 387. The van der Waals surface area contributed by atoms with Crippen LogP contribution in [0.25, 0.3) is 0 Å². The van der Waals surface area contributed by atoms with Crippen molar-refractivity contribution in [1.82, 2.24) is 9.80 Å². The van der Waals surface area contributed by atoms with Gasteiger partial charge < -0.3 is 14.5 Å². The number of rotatable bonds is 4. The van der Waals surface area contributed by atoms with Gasteiger partial charge in [0.15, 0.2) is 0 Å². The maximum atomic E-state index is 12.2. The fourth-order valence-electron chi connectivity index (χ4n) is 4.43. The molecule has 1 atom stereocenters. The molecule has 1 saturated carbocycles. The van der Waals surface area contributed by atoms with Crippen LogP contribution in [0.2, 0.25) is 0 Å². The number of amides is 1. The van der Waals surface area contributed by atoms with Crippen LogP contribution in [0.15, 0.2) is 0 Å². The average Bonchev–Trinajstić information content (AvgIpc) is 2.89. The van der Waals surface area contributed by atoms with Crippen LogP contribution in [0.3, 0.4) is 0 Å². The standard InChI is InChI=1S/C18H32N2O2/c1-15(2)17(21)20-10-5-9-19(11-12-20)14-18(7-4-8-18)16-6-3-13-22-16/h15-16H,3-14H2,1-2H3. The third kappa shape index (κ3) is 3.33. The fourth-order valence-corrected chi connectivity index (χ4v) is 4.43. The zero-order valence-corrected chi connectivity index (χ0v) is 14.4. The van der Waals surface area contributed by atoms with Crippen molar-refractivity contribution in [2.75, 3.05) is 39.3 Å². The molecule has 4 heteroatoms. The normalized spacial score (nSPS) is 29.4. The Kier molecular flexibility index (Phi) is 5.08. The average molecular weight is 308 g/mol. The summed E-state index contributed by atoms with van der Waals surface area (Å²) in [7, 11) is 0. The molecular formula is C18H32N2O2. The third-order valence-corrected chi connectivity index (χ3v) is 5.89. The number of ether oxygens (including phenoxy) is 1. The molecule has 3 fully saturated rings. The monoisotopic (exact) mass is 308 g/mol. The lowest BCUT2D eigenvalue weighted by Gasteiger charge is -2.48. The molecule has 0 N–H and O–H groups in total. The summed E-state index contributed by atoms with van der Waals surface area (Å²) >= 11 is 0. The quantitative estimate of drug-likeness (QED) is 0.800. The van der Waals surface area contributed by atoms with E-state index in [9.17, 15) is 4.79 Å². The van der Waals surface area contributed by atoms with E-state index in [2.05, 4.69) is 9.80 Å². The van der Waals surface area contributed by atoms with Gasteiger partial charge in [0.1, 0.15) is 0 Å². The predicted octanol–water partition coefficient (Wildman–Crippen LogP) is 2.53. The summed E-state index contributed by atoms with van der Waals surface area (Å²) in [5.41, 5.74) is 0.424. The fraction of sp³-hybridized carbons (Fsp3) is 0.944. The molecule has 2 heterocycles. The lowest BCUT2D eigenvalue weighted by atomic mass is 9.64. The Hall–Kier alpha value is -0.610. The van der Waals surface area contributed by atoms with Crippen LogP contribution in [0.1, 0.15) is 52.4 Å². The number of carbonyl (C=O) groups is 1. The number of hydrogen-bond donors (Lipinski definition) is 0. The molecule has 22 heavy (non-hydrogen) atoms. The first-order chi connectivity index (χ1) is 10.6. The van der Waals surface area contributed by atoms with Crippen LogP contribution in [0.5, 0.6) is 0 Å². The molecule has 126 valence electrons. The molecule has 0 aromatic rings. The Morgan fingerprint density at radius 2 is 1.95 bits per heavy atom. The van der Waals surface area contributed by atoms with Crippen LogP contribution >= 0.6 is 0 Å². The van der Waals surface area contributed by atoms with Crippen molar-refractivity contribution < 1.29 is 9.53 Å². The summed E-state index contributed by atoms with van der Waals surface area (Å²) in [5, 5.41) is 0. The van der Waals surface area contributed by atoms with Crippen LogP contribution < -0.4 is 0 Å². The van der Waals surface area contributed by atoms with E-state index in [4.69, 9.17) is 4.74 Å². The second-order valence-corrected chi connectivity index (χ2v) is 7.83. The molecule has 0 aromatic carbocycles. The van der Waals surface area contributed by atoms with Crippen molar-refractivity contribution in [1.29, 1.82) is 0 Å². The van der Waals surface area contributed by atoms with Crippen molar-refractivity contribution in [3.05, 3.63) is 0 Å². The second-order valence-electron chi connectivity index (χ2n) is 7.83. The lowest BCUT2D eigenvalue weighted by molar-refractivity contribution is -0.134. The van der Waals surface area contributed by atoms with E-state index < -0.39 is 0 Å². The Morgan fingerprint density at radius 1 is 1.14 bits per heavy atom. The zero-order chi connectivity index (χ0) is 15.6. The SMILES string of the molecule is CC(C)C(=O)N1CCCN(CC2(C3CCCO3)CCC2)CC1. The van der Waals surface area contributed by atoms with Crippen molar-refractivity contribution in [3.8, 4) is 0 Å². The minimum Gasteiger partial charge on any atom is -0.378 e. The lowest BCUT2D eigenvalue weighted by Crippen LogP contribution is -2.50. The van der Waals surface area contributed by atoms with Gasteiger partial charge in [-0.2, -0.15) is 0 Å². The summed E-state index contributed by atoms with van der Waals surface area (Å²) in [6, 6.07) is 0. The van der Waals surface area contributed by atoms with E-state index in [0.29, 0.717) is 17.4 Å². The Balaban J connectivity index is 1.55. The highest BCUT2D eigenvalue weighted by Gasteiger charge is 2.46. The molecule has 0 spiro atoms. The van der Waals surface area contributed by atoms with E-state index in [1.165, 1.54) is 38.6 Å². The van der Waals surface area contributed by atoms with Gasteiger partial charge in [-0.1, -0.05) is 20.3 Å². The first-order valence-corrected chi connectivity index (χ1v) is 9.23. The van der Waals surface area contributed by atoms with Gasteiger partial charge in [0.2, 0.25) is 5.91 Å². The molecule has 4 nitrogen and oxygen atoms in total. The molecule has 0 aromatic heterocycles. The molecule has 2 saturated heterocycles. The number of hydrogen-bond acceptors (Lipinski definition) is 3. The summed E-state index contributed by atoms with van der Waals surface area (Å²) in [4.78, 5) is 16.9. The van der Waals surface area contributed by atoms with Gasteiger partial charge in [0.05, 0.1) is 6.10 Å². The first-order valence-electron chi connectivity index (χ1n) is 9.23. The Morgan fingerprint density at radius 3 is 2.55 bits per heavy atom. The second kappa shape index (κ2) is 6.88. The van der Waals surface area contributed by atoms with Crippen LogP contribution in [0.4, 0.5) is 0 Å². The van der Waals surface area contributed by atoms with Gasteiger partial charge in [-0.25, -0.2) is 0 Å². The largest absolute Gasteiger partial charge is 0.378 e. The van der Waals surface area contributed by atoms with Gasteiger partial charge in [0, 0.05) is 44.1 Å². The van der Waals surface area contributed by atoms with Crippen LogP contribution in [-0.4, -0.2) is 61.1 Å². The highest BCUT2D eigenvalue weighted by molar-refractivity contribution is 5.78. The van der Waals surface area contributed by atoms with Gasteiger partial charge in [-0.3, -0.25) is 4.79 Å². The summed E-state index contributed by atoms with van der Waals surface area (Å²) < 4.78 is 6.03. The van der Waals surface area contributed by atoms with Gasteiger partial charge in [-0.15, -0.1) is 0 Å². The van der Waals surface area contributed by atoms with Gasteiger partial charge >= 0.3 is 0 Å². The number of carbonyl (C=O) groups excluding carboxylic acids is 1. The Labute approximate surface area is 135 Å². The highest BCUT2D eigenvalue weighted by Crippen LogP contribution is 2.48. The molecule has 3 rings (SSSR count). The molecule has 2 aliphatic heterocycles. The smallest absolute Gasteiger partial charge is 0.225 e. The summed E-state index contributed by atoms with van der Waals surface area (Å²) in [5.74, 6) is 0.441. The summed E-state index contributed by atoms with van der Waals surface area (Å²) in [6.45, 7) is 10.2. The zero-order valence-electron chi connectivity index (χ0n) is 14.4. The minimum atomic E-state index is 0.122. The molecule has 1 amide bonds. The number of nitrogens with zero attached hydrogens (tertiary/aromatic N) is 2. The maximum Gasteiger partial charge on any atom is 0.225 e. The highest BCUT2D eigenvalue weighted by atomic mass is 16.5. The molecule has 1 aliphatic carbocycles. The van der Waals surface area contributed by atoms with Crippen molar-refractivity contribution in [2.24, 2.45) is 11.3 Å². The van der Waals surface area contributed by atoms with E-state index in [1.54, 1.807) is 0 Å². The molecule has 1 unspecified atom stereocenters. The summed E-state index contributed by atoms with van der Waals surface area (Å²) in [6.07, 6.45) is 8.14. The van der Waals surface area contributed by atoms with Gasteiger partial charge in [0.25, 0.3) is 0 Å². The topological polar surface area (TPSA) is 32.8 Å². The molecule has 0 radical (unpaired) electrons. The first kappa shape index (κ1) is 16.3. The third-order valence-electron chi connectivity index (χ3n) is 5.89. The van der Waals surface area contributed by atoms with Crippen LogP contribution in [0, 0.1) is 11.3 Å². The van der Waals surface area contributed by atoms with E-state index in [-0.39, 0.29) is 5.92 Å². The van der Waals surface area contributed by atoms with Crippen molar-refractivity contribution in [3.63, 3.8) is 0 Å². The van der Waals surface area contributed by atoms with Gasteiger partial charge in [-0.05, 0) is 38.6 Å². The van der Waals surface area contributed by atoms with E-state index in [0.717, 1.165) is 39.2 Å². The molecule has 3 aliphatic rings. The van der Waals surface area contributed by atoms with E-state index >= 15 is 0 Å².